The molecule has 7 nitrogen and oxygen atoms in total. The lowest BCUT2D eigenvalue weighted by molar-refractivity contribution is -0.141. The van der Waals surface area contributed by atoms with Crippen LogP contribution < -0.4 is 9.88 Å². The number of alkyl halides is 3. The Morgan fingerprint density at radius 1 is 1.10 bits per heavy atom. The fourth-order valence-corrected chi connectivity index (χ4v) is 4.38. The SMILES string of the molecule is COc1ccc(-c2cc(C(F)(F)F)nn2-c2nc3ccc(S(N)(=O)=O)cc3s2)cc1. The van der Waals surface area contributed by atoms with Crippen molar-refractivity contribution in [2.45, 2.75) is 11.1 Å². The summed E-state index contributed by atoms with van der Waals surface area (Å²) in [5, 5.41) is 9.00. The molecule has 4 rings (SSSR count). The maximum Gasteiger partial charge on any atom is 0.435 e. The van der Waals surface area contributed by atoms with Crippen LogP contribution in [0, 0.1) is 0 Å². The molecule has 0 amide bonds. The molecular weight excluding hydrogens is 441 g/mol. The zero-order valence-corrected chi connectivity index (χ0v) is 16.8. The van der Waals surface area contributed by atoms with Gasteiger partial charge in [0, 0.05) is 5.56 Å². The van der Waals surface area contributed by atoms with E-state index in [0.717, 1.165) is 22.1 Å². The van der Waals surface area contributed by atoms with Crippen molar-refractivity contribution in [1.82, 2.24) is 14.8 Å². The number of aromatic nitrogens is 3. The van der Waals surface area contributed by atoms with E-state index in [0.29, 0.717) is 21.5 Å². The van der Waals surface area contributed by atoms with Crippen LogP contribution in [0.5, 0.6) is 5.75 Å². The first-order valence-electron chi connectivity index (χ1n) is 8.32. The van der Waals surface area contributed by atoms with Crippen molar-refractivity contribution in [3.05, 3.63) is 54.2 Å². The van der Waals surface area contributed by atoms with Gasteiger partial charge < -0.3 is 4.74 Å². The number of fused-ring (bicyclic) bond motifs is 1. The minimum absolute atomic E-state index is 0.114. The molecule has 0 unspecified atom stereocenters. The van der Waals surface area contributed by atoms with Crippen molar-refractivity contribution in [3.63, 3.8) is 0 Å². The first kappa shape index (κ1) is 20.3. The maximum absolute atomic E-state index is 13.3. The highest BCUT2D eigenvalue weighted by atomic mass is 32.2. The quantitative estimate of drug-likeness (QED) is 0.505. The summed E-state index contributed by atoms with van der Waals surface area (Å²) in [4.78, 5) is 4.20. The van der Waals surface area contributed by atoms with Crippen LogP contribution in [0.15, 0.2) is 53.4 Å². The lowest BCUT2D eigenvalue weighted by Crippen LogP contribution is -2.11. The van der Waals surface area contributed by atoms with Gasteiger partial charge in [0.2, 0.25) is 15.2 Å². The van der Waals surface area contributed by atoms with Crippen LogP contribution in [0.3, 0.4) is 0 Å². The number of thiazole rings is 1. The molecule has 0 aliphatic rings. The molecule has 2 heterocycles. The van der Waals surface area contributed by atoms with Crippen molar-refractivity contribution in [3.8, 4) is 22.1 Å². The lowest BCUT2D eigenvalue weighted by atomic mass is 10.1. The Hall–Kier alpha value is -2.96. The van der Waals surface area contributed by atoms with E-state index in [2.05, 4.69) is 10.1 Å². The summed E-state index contributed by atoms with van der Waals surface area (Å²) >= 11 is 0.998. The Balaban J connectivity index is 1.89. The summed E-state index contributed by atoms with van der Waals surface area (Å²) in [7, 11) is -2.44. The fraction of sp³-hybridized carbons (Fsp3) is 0.111. The van der Waals surface area contributed by atoms with E-state index in [1.807, 2.05) is 0 Å². The molecule has 0 spiro atoms. The monoisotopic (exact) mass is 454 g/mol. The van der Waals surface area contributed by atoms with Crippen LogP contribution in [0.1, 0.15) is 5.69 Å². The first-order valence-corrected chi connectivity index (χ1v) is 10.7. The number of rotatable bonds is 4. The van der Waals surface area contributed by atoms with Gasteiger partial charge in [-0.3, -0.25) is 0 Å². The van der Waals surface area contributed by atoms with Crippen LogP contribution in [0.2, 0.25) is 0 Å². The zero-order chi connectivity index (χ0) is 21.7. The van der Waals surface area contributed by atoms with Crippen LogP contribution in [-0.2, 0) is 16.2 Å². The van der Waals surface area contributed by atoms with E-state index in [9.17, 15) is 21.6 Å². The molecule has 0 fully saturated rings. The maximum atomic E-state index is 13.3. The summed E-state index contributed by atoms with van der Waals surface area (Å²) in [5.41, 5.74) is -0.0103. The van der Waals surface area contributed by atoms with Gasteiger partial charge >= 0.3 is 6.18 Å². The normalized spacial score (nSPS) is 12.4. The molecule has 0 aliphatic heterocycles. The summed E-state index contributed by atoms with van der Waals surface area (Å²) in [6, 6.07) is 11.5. The fourth-order valence-electron chi connectivity index (χ4n) is 2.79. The molecule has 2 aromatic carbocycles. The smallest absolute Gasteiger partial charge is 0.435 e. The number of halogens is 3. The van der Waals surface area contributed by atoms with E-state index in [4.69, 9.17) is 9.88 Å². The summed E-state index contributed by atoms with van der Waals surface area (Å²) in [6.07, 6.45) is -4.65. The molecule has 2 aromatic heterocycles. The van der Waals surface area contributed by atoms with E-state index in [1.165, 1.54) is 25.3 Å². The number of nitrogens with zero attached hydrogens (tertiary/aromatic N) is 3. The van der Waals surface area contributed by atoms with Crippen LogP contribution in [0.25, 0.3) is 26.6 Å². The number of hydrogen-bond donors (Lipinski definition) is 1. The second-order valence-electron chi connectivity index (χ2n) is 6.22. The van der Waals surface area contributed by atoms with Gasteiger partial charge in [-0.25, -0.2) is 23.2 Å². The average molecular weight is 454 g/mol. The number of benzene rings is 2. The lowest BCUT2D eigenvalue weighted by Gasteiger charge is -2.05. The molecule has 2 N–H and O–H groups in total. The van der Waals surface area contributed by atoms with Gasteiger partial charge in [0.25, 0.3) is 0 Å². The van der Waals surface area contributed by atoms with Crippen LogP contribution in [0.4, 0.5) is 13.2 Å². The van der Waals surface area contributed by atoms with Gasteiger partial charge in [-0.05, 0) is 48.5 Å². The summed E-state index contributed by atoms with van der Waals surface area (Å²) in [5.74, 6) is 0.552. The third-order valence-corrected chi connectivity index (χ3v) is 6.15. The highest BCUT2D eigenvalue weighted by molar-refractivity contribution is 7.89. The number of sulfonamides is 1. The van der Waals surface area contributed by atoms with Gasteiger partial charge in [0.15, 0.2) is 5.69 Å². The Kier molecular flexibility index (Phi) is 4.79. The van der Waals surface area contributed by atoms with E-state index in [1.54, 1.807) is 24.3 Å². The van der Waals surface area contributed by atoms with Gasteiger partial charge in [-0.1, -0.05) is 11.3 Å². The van der Waals surface area contributed by atoms with Gasteiger partial charge in [0.05, 0.1) is 27.9 Å². The molecule has 0 atom stereocenters. The largest absolute Gasteiger partial charge is 0.497 e. The van der Waals surface area contributed by atoms with Crippen molar-refractivity contribution >= 4 is 31.6 Å². The van der Waals surface area contributed by atoms with E-state index in [-0.39, 0.29) is 15.7 Å². The van der Waals surface area contributed by atoms with Gasteiger partial charge in [-0.2, -0.15) is 18.3 Å². The van der Waals surface area contributed by atoms with Crippen molar-refractivity contribution in [2.24, 2.45) is 5.14 Å². The predicted octanol–water partition coefficient (Wildman–Crippen LogP) is 3.82. The molecule has 156 valence electrons. The molecule has 0 radical (unpaired) electrons. The first-order chi connectivity index (χ1) is 14.1. The number of hydrogen-bond acceptors (Lipinski definition) is 6. The third kappa shape index (κ3) is 3.76. The van der Waals surface area contributed by atoms with Gasteiger partial charge in [-0.15, -0.1) is 0 Å². The summed E-state index contributed by atoms with van der Waals surface area (Å²) in [6.45, 7) is 0. The molecule has 0 aliphatic carbocycles. The Morgan fingerprint density at radius 2 is 1.80 bits per heavy atom. The molecule has 4 aromatic rings. The minimum atomic E-state index is -4.65. The Morgan fingerprint density at radius 3 is 2.40 bits per heavy atom. The highest BCUT2D eigenvalue weighted by Crippen LogP contribution is 2.35. The predicted molar refractivity (Wildman–Crippen MR) is 105 cm³/mol. The van der Waals surface area contributed by atoms with Crippen molar-refractivity contribution in [1.29, 1.82) is 0 Å². The Labute approximate surface area is 172 Å². The molecular formula is C18H13F3N4O3S2. The molecule has 0 saturated heterocycles. The zero-order valence-electron chi connectivity index (χ0n) is 15.2. The van der Waals surface area contributed by atoms with Crippen LogP contribution >= 0.6 is 11.3 Å². The third-order valence-electron chi connectivity index (χ3n) is 4.24. The second-order valence-corrected chi connectivity index (χ2v) is 8.79. The average Bonchev–Trinajstić information content (AvgIpc) is 3.30. The van der Waals surface area contributed by atoms with Crippen molar-refractivity contribution in [2.75, 3.05) is 7.11 Å². The molecule has 0 bridgehead atoms. The standard InChI is InChI=1S/C18H13F3N4O3S2/c1-28-11-4-2-10(3-5-11)14-9-16(18(19,20)21)24-25(14)17-23-13-7-6-12(30(22,26)27)8-15(13)29-17/h2-9H,1H3,(H2,22,26,27). The summed E-state index contributed by atoms with van der Waals surface area (Å²) < 4.78 is 69.7. The molecule has 0 saturated carbocycles. The molecule has 12 heteroatoms. The number of methoxy groups -OCH3 is 1. The Bertz CT molecular complexity index is 1340. The van der Waals surface area contributed by atoms with E-state index < -0.39 is 21.9 Å². The molecule has 30 heavy (non-hydrogen) atoms. The van der Waals surface area contributed by atoms with Crippen molar-refractivity contribution < 1.29 is 26.3 Å². The van der Waals surface area contributed by atoms with Gasteiger partial charge in [0.1, 0.15) is 5.75 Å². The second kappa shape index (κ2) is 7.07. The van der Waals surface area contributed by atoms with E-state index >= 15 is 0 Å². The highest BCUT2D eigenvalue weighted by Gasteiger charge is 2.35. The van der Waals surface area contributed by atoms with Crippen LogP contribution in [-0.4, -0.2) is 30.3 Å². The number of primary sulfonamides is 1. The number of nitrogens with two attached hydrogens (primary N) is 1. The topological polar surface area (TPSA) is 100 Å². The number of ether oxygens (including phenoxy) is 1. The minimum Gasteiger partial charge on any atom is -0.497 e.